The highest BCUT2D eigenvalue weighted by Crippen LogP contribution is 2.34. The monoisotopic (exact) mass is 278 g/mol. The molecule has 5 nitrogen and oxygen atoms in total. The average molecular weight is 278 g/mol. The molecule has 1 aliphatic carbocycles. The van der Waals surface area contributed by atoms with Crippen LogP contribution >= 0.6 is 0 Å². The number of aryl methyl sites for hydroxylation is 1. The summed E-state index contributed by atoms with van der Waals surface area (Å²) in [6, 6.07) is 5.33. The second-order valence-corrected chi connectivity index (χ2v) is 5.23. The first-order valence-electron chi connectivity index (χ1n) is 6.83. The Balaban J connectivity index is 1.86. The minimum absolute atomic E-state index is 0.160. The molecule has 0 radical (unpaired) electrons. The van der Waals surface area contributed by atoms with Gasteiger partial charge in [-0.15, -0.1) is 0 Å². The van der Waals surface area contributed by atoms with E-state index in [-0.39, 0.29) is 11.6 Å². The van der Waals surface area contributed by atoms with E-state index in [0.29, 0.717) is 6.54 Å². The van der Waals surface area contributed by atoms with Gasteiger partial charge in [0.2, 0.25) is 0 Å². The number of carbonyl (C=O) groups excluding carboxylic acids is 1. The summed E-state index contributed by atoms with van der Waals surface area (Å²) in [5, 5.41) is 5.68. The smallest absolute Gasteiger partial charge is 0.319 e. The minimum Gasteiger partial charge on any atom is -0.496 e. The van der Waals surface area contributed by atoms with Crippen LogP contribution < -0.4 is 15.4 Å². The average Bonchev–Trinajstić information content (AvgIpc) is 2.38. The van der Waals surface area contributed by atoms with E-state index in [1.165, 1.54) is 0 Å². The zero-order valence-corrected chi connectivity index (χ0v) is 12.3. The predicted molar refractivity (Wildman–Crippen MR) is 78.3 cm³/mol. The van der Waals surface area contributed by atoms with Gasteiger partial charge in [-0.25, -0.2) is 4.79 Å². The third-order valence-corrected chi connectivity index (χ3v) is 3.92. The molecule has 1 aromatic carbocycles. The molecule has 0 heterocycles. The first kappa shape index (κ1) is 14.7. The number of hydrogen-bond acceptors (Lipinski definition) is 3. The van der Waals surface area contributed by atoms with Crippen LogP contribution in [0.2, 0.25) is 0 Å². The molecule has 0 aromatic heterocycles. The molecule has 0 unspecified atom stereocenters. The number of carbonyl (C=O) groups is 1. The number of amides is 2. The standard InChI is InChI=1S/C15H22N2O3/c1-11-9-12(5-6-13(11)19-2)17-14(18)16-10-15(20-3)7-4-8-15/h5-6,9H,4,7-8,10H2,1-3H3,(H2,16,17,18). The molecular weight excluding hydrogens is 256 g/mol. The molecule has 5 heteroatoms. The number of urea groups is 1. The zero-order valence-electron chi connectivity index (χ0n) is 12.3. The molecule has 0 saturated heterocycles. The maximum atomic E-state index is 11.9. The van der Waals surface area contributed by atoms with Gasteiger partial charge in [0, 0.05) is 19.3 Å². The Labute approximate surface area is 119 Å². The van der Waals surface area contributed by atoms with Crippen LogP contribution in [-0.2, 0) is 4.74 Å². The van der Waals surface area contributed by atoms with E-state index in [4.69, 9.17) is 9.47 Å². The van der Waals surface area contributed by atoms with Crippen molar-refractivity contribution in [2.75, 3.05) is 26.1 Å². The molecule has 2 rings (SSSR count). The van der Waals surface area contributed by atoms with Crippen molar-refractivity contribution in [1.82, 2.24) is 5.32 Å². The van der Waals surface area contributed by atoms with Gasteiger partial charge in [-0.1, -0.05) is 0 Å². The molecule has 2 amide bonds. The highest BCUT2D eigenvalue weighted by atomic mass is 16.5. The van der Waals surface area contributed by atoms with Gasteiger partial charge in [0.1, 0.15) is 5.75 Å². The highest BCUT2D eigenvalue weighted by molar-refractivity contribution is 5.89. The normalized spacial score (nSPS) is 16.1. The predicted octanol–water partition coefficient (Wildman–Crippen LogP) is 2.69. The topological polar surface area (TPSA) is 59.6 Å². The van der Waals surface area contributed by atoms with Gasteiger partial charge in [-0.05, 0) is 49.9 Å². The quantitative estimate of drug-likeness (QED) is 0.870. The maximum absolute atomic E-state index is 11.9. The largest absolute Gasteiger partial charge is 0.496 e. The molecule has 1 fully saturated rings. The third kappa shape index (κ3) is 3.22. The molecule has 0 bridgehead atoms. The van der Waals surface area contributed by atoms with Crippen molar-refractivity contribution in [3.8, 4) is 5.75 Å². The van der Waals surface area contributed by atoms with E-state index in [1.54, 1.807) is 14.2 Å². The number of anilines is 1. The highest BCUT2D eigenvalue weighted by Gasteiger charge is 2.37. The second-order valence-electron chi connectivity index (χ2n) is 5.23. The van der Waals surface area contributed by atoms with Crippen molar-refractivity contribution in [1.29, 1.82) is 0 Å². The van der Waals surface area contributed by atoms with Crippen molar-refractivity contribution in [3.63, 3.8) is 0 Å². The maximum Gasteiger partial charge on any atom is 0.319 e. The molecule has 1 saturated carbocycles. The Kier molecular flexibility index (Phi) is 4.49. The molecule has 1 aromatic rings. The Morgan fingerprint density at radius 1 is 1.35 bits per heavy atom. The Morgan fingerprint density at radius 3 is 2.60 bits per heavy atom. The van der Waals surface area contributed by atoms with Crippen LogP contribution in [0, 0.1) is 6.92 Å². The lowest BCUT2D eigenvalue weighted by Crippen LogP contribution is -2.50. The Morgan fingerprint density at radius 2 is 2.10 bits per heavy atom. The molecule has 0 aliphatic heterocycles. The van der Waals surface area contributed by atoms with E-state index >= 15 is 0 Å². The lowest BCUT2D eigenvalue weighted by Gasteiger charge is -2.40. The molecule has 2 N–H and O–H groups in total. The third-order valence-electron chi connectivity index (χ3n) is 3.92. The van der Waals surface area contributed by atoms with Crippen LogP contribution in [0.25, 0.3) is 0 Å². The molecule has 110 valence electrons. The van der Waals surface area contributed by atoms with Crippen LogP contribution in [0.5, 0.6) is 5.75 Å². The van der Waals surface area contributed by atoms with Crippen molar-refractivity contribution < 1.29 is 14.3 Å². The number of ether oxygens (including phenoxy) is 2. The number of nitrogens with one attached hydrogen (secondary N) is 2. The van der Waals surface area contributed by atoms with Crippen LogP contribution in [0.15, 0.2) is 18.2 Å². The molecule has 0 spiro atoms. The fraction of sp³-hybridized carbons (Fsp3) is 0.533. The van der Waals surface area contributed by atoms with Crippen molar-refractivity contribution in [2.24, 2.45) is 0 Å². The summed E-state index contributed by atoms with van der Waals surface area (Å²) in [5.41, 5.74) is 1.58. The summed E-state index contributed by atoms with van der Waals surface area (Å²) < 4.78 is 10.7. The van der Waals surface area contributed by atoms with E-state index < -0.39 is 0 Å². The Bertz CT molecular complexity index is 478. The first-order valence-corrected chi connectivity index (χ1v) is 6.83. The fourth-order valence-electron chi connectivity index (χ4n) is 2.40. The molecular formula is C15H22N2O3. The number of benzene rings is 1. The van der Waals surface area contributed by atoms with Gasteiger partial charge >= 0.3 is 6.03 Å². The number of hydrogen-bond donors (Lipinski definition) is 2. The first-order chi connectivity index (χ1) is 9.58. The van der Waals surface area contributed by atoms with Crippen LogP contribution in [-0.4, -0.2) is 32.4 Å². The molecule has 1 aliphatic rings. The molecule has 20 heavy (non-hydrogen) atoms. The van der Waals surface area contributed by atoms with Gasteiger partial charge in [0.05, 0.1) is 12.7 Å². The number of rotatable bonds is 5. The summed E-state index contributed by atoms with van der Waals surface area (Å²) in [6.45, 7) is 2.49. The number of methoxy groups -OCH3 is 2. The summed E-state index contributed by atoms with van der Waals surface area (Å²) >= 11 is 0. The van der Waals surface area contributed by atoms with Crippen LogP contribution in [0.4, 0.5) is 10.5 Å². The summed E-state index contributed by atoms with van der Waals surface area (Å²) in [5.74, 6) is 0.809. The van der Waals surface area contributed by atoms with E-state index in [2.05, 4.69) is 10.6 Å². The van der Waals surface area contributed by atoms with E-state index in [9.17, 15) is 4.79 Å². The van der Waals surface area contributed by atoms with Gasteiger partial charge in [-0.3, -0.25) is 0 Å². The van der Waals surface area contributed by atoms with Gasteiger partial charge < -0.3 is 20.1 Å². The fourth-order valence-corrected chi connectivity index (χ4v) is 2.40. The second kappa shape index (κ2) is 6.13. The van der Waals surface area contributed by atoms with E-state index in [1.807, 2.05) is 25.1 Å². The van der Waals surface area contributed by atoms with Crippen molar-refractivity contribution in [3.05, 3.63) is 23.8 Å². The van der Waals surface area contributed by atoms with Crippen molar-refractivity contribution >= 4 is 11.7 Å². The lowest BCUT2D eigenvalue weighted by atomic mass is 9.80. The SMILES string of the molecule is COc1ccc(NC(=O)NCC2(OC)CCC2)cc1C. The van der Waals surface area contributed by atoms with E-state index in [0.717, 1.165) is 36.3 Å². The molecule has 0 atom stereocenters. The van der Waals surface area contributed by atoms with Crippen LogP contribution in [0.3, 0.4) is 0 Å². The van der Waals surface area contributed by atoms with Gasteiger partial charge in [0.15, 0.2) is 0 Å². The van der Waals surface area contributed by atoms with Gasteiger partial charge in [0.25, 0.3) is 0 Å². The Hall–Kier alpha value is -1.75. The summed E-state index contributed by atoms with van der Waals surface area (Å²) in [4.78, 5) is 11.9. The lowest BCUT2D eigenvalue weighted by molar-refractivity contribution is -0.0671. The summed E-state index contributed by atoms with van der Waals surface area (Å²) in [7, 11) is 3.33. The zero-order chi connectivity index (χ0) is 14.6. The minimum atomic E-state index is -0.210. The van der Waals surface area contributed by atoms with Crippen molar-refractivity contribution in [2.45, 2.75) is 31.8 Å². The summed E-state index contributed by atoms with van der Waals surface area (Å²) in [6.07, 6.45) is 3.17. The van der Waals surface area contributed by atoms with Crippen LogP contribution in [0.1, 0.15) is 24.8 Å². The van der Waals surface area contributed by atoms with Gasteiger partial charge in [-0.2, -0.15) is 0 Å².